The molecule has 1 aliphatic heterocycles. The maximum Gasteiger partial charge on any atom is 0.264 e. The van der Waals surface area contributed by atoms with Crippen LogP contribution in [0.15, 0.2) is 53.7 Å². The summed E-state index contributed by atoms with van der Waals surface area (Å²) in [5, 5.41) is 6.69. The molecule has 2 aromatic rings. The van der Waals surface area contributed by atoms with Crippen molar-refractivity contribution in [2.75, 3.05) is 0 Å². The number of nitrogens with zero attached hydrogens (tertiary/aromatic N) is 1. The first-order chi connectivity index (χ1) is 11.5. The lowest BCUT2D eigenvalue weighted by Gasteiger charge is -2.16. The molecule has 0 spiro atoms. The summed E-state index contributed by atoms with van der Waals surface area (Å²) >= 11 is 0. The van der Waals surface area contributed by atoms with Crippen LogP contribution in [-0.2, 0) is 9.63 Å². The molecule has 1 amide bonds. The second-order valence-electron chi connectivity index (χ2n) is 5.63. The van der Waals surface area contributed by atoms with Crippen LogP contribution in [0.2, 0.25) is 0 Å². The molecule has 0 saturated heterocycles. The van der Waals surface area contributed by atoms with Crippen molar-refractivity contribution in [3.05, 3.63) is 71.3 Å². The Balaban J connectivity index is 1.60. The fourth-order valence-electron chi connectivity index (χ4n) is 2.50. The molecule has 3 rings (SSSR count). The smallest absolute Gasteiger partial charge is 0.264 e. The van der Waals surface area contributed by atoms with Crippen LogP contribution in [0, 0.1) is 11.6 Å². The monoisotopic (exact) mass is 330 g/mol. The van der Waals surface area contributed by atoms with E-state index in [1.165, 1.54) is 24.3 Å². The van der Waals surface area contributed by atoms with Crippen molar-refractivity contribution in [1.82, 2.24) is 5.32 Å². The number of halogens is 2. The van der Waals surface area contributed by atoms with Crippen molar-refractivity contribution < 1.29 is 18.4 Å². The number of nitrogens with one attached hydrogen (secondary N) is 1. The molecule has 0 fully saturated rings. The second kappa shape index (κ2) is 6.78. The summed E-state index contributed by atoms with van der Waals surface area (Å²) < 4.78 is 26.2. The van der Waals surface area contributed by atoms with Crippen molar-refractivity contribution in [1.29, 1.82) is 0 Å². The van der Waals surface area contributed by atoms with E-state index >= 15 is 0 Å². The van der Waals surface area contributed by atoms with E-state index < -0.39 is 6.10 Å². The van der Waals surface area contributed by atoms with Crippen molar-refractivity contribution in [3.63, 3.8) is 0 Å². The summed E-state index contributed by atoms with van der Waals surface area (Å²) in [6.45, 7) is 1.80. The molecule has 0 radical (unpaired) electrons. The van der Waals surface area contributed by atoms with E-state index in [-0.39, 0.29) is 30.0 Å². The molecular formula is C18H16F2N2O2. The van der Waals surface area contributed by atoms with Crippen LogP contribution in [0.25, 0.3) is 0 Å². The molecule has 0 unspecified atom stereocenters. The number of rotatable bonds is 4. The third kappa shape index (κ3) is 3.59. The largest absolute Gasteiger partial charge is 0.382 e. The van der Waals surface area contributed by atoms with E-state index in [2.05, 4.69) is 10.5 Å². The van der Waals surface area contributed by atoms with Gasteiger partial charge in [0.2, 0.25) is 6.10 Å². The van der Waals surface area contributed by atoms with Gasteiger partial charge in [-0.2, -0.15) is 0 Å². The van der Waals surface area contributed by atoms with E-state index in [1.54, 1.807) is 31.2 Å². The van der Waals surface area contributed by atoms with Crippen LogP contribution < -0.4 is 5.32 Å². The van der Waals surface area contributed by atoms with Gasteiger partial charge in [0.05, 0.1) is 11.8 Å². The van der Waals surface area contributed by atoms with Crippen molar-refractivity contribution in [2.24, 2.45) is 5.16 Å². The predicted octanol–water partition coefficient (Wildman–Crippen LogP) is 3.34. The highest BCUT2D eigenvalue weighted by atomic mass is 19.1. The van der Waals surface area contributed by atoms with Gasteiger partial charge in [-0.15, -0.1) is 0 Å². The fourth-order valence-corrected chi connectivity index (χ4v) is 2.50. The van der Waals surface area contributed by atoms with Crippen molar-refractivity contribution >= 4 is 11.6 Å². The number of benzene rings is 2. The third-order valence-corrected chi connectivity index (χ3v) is 3.85. The summed E-state index contributed by atoms with van der Waals surface area (Å²) in [6, 6.07) is 11.6. The van der Waals surface area contributed by atoms with Crippen LogP contribution in [0.5, 0.6) is 0 Å². The molecule has 0 bridgehead atoms. The van der Waals surface area contributed by atoms with Gasteiger partial charge in [-0.25, -0.2) is 8.78 Å². The fraction of sp³-hybridized carbons (Fsp3) is 0.222. The molecule has 2 aromatic carbocycles. The number of hydrogen-bond donors (Lipinski definition) is 1. The van der Waals surface area contributed by atoms with Gasteiger partial charge in [-0.05, 0) is 36.8 Å². The highest BCUT2D eigenvalue weighted by molar-refractivity contribution is 6.04. The van der Waals surface area contributed by atoms with E-state index in [4.69, 9.17) is 4.84 Å². The van der Waals surface area contributed by atoms with Gasteiger partial charge < -0.3 is 10.2 Å². The van der Waals surface area contributed by atoms with Crippen LogP contribution in [0.3, 0.4) is 0 Å². The number of carbonyl (C=O) groups is 1. The lowest BCUT2D eigenvalue weighted by atomic mass is 10.0. The van der Waals surface area contributed by atoms with Crippen LogP contribution in [-0.4, -0.2) is 17.7 Å². The van der Waals surface area contributed by atoms with Gasteiger partial charge >= 0.3 is 0 Å². The maximum atomic E-state index is 13.3. The number of hydrogen-bond acceptors (Lipinski definition) is 3. The van der Waals surface area contributed by atoms with Crippen molar-refractivity contribution in [3.8, 4) is 0 Å². The molecule has 4 nitrogen and oxygen atoms in total. The predicted molar refractivity (Wildman–Crippen MR) is 85.4 cm³/mol. The molecule has 1 N–H and O–H groups in total. The van der Waals surface area contributed by atoms with Gasteiger partial charge in [0.1, 0.15) is 11.6 Å². The summed E-state index contributed by atoms with van der Waals surface area (Å²) in [6.07, 6.45) is -0.489. The highest BCUT2D eigenvalue weighted by Gasteiger charge is 2.29. The average molecular weight is 330 g/mol. The molecule has 1 aliphatic rings. The molecule has 24 heavy (non-hydrogen) atoms. The number of amides is 1. The van der Waals surface area contributed by atoms with Gasteiger partial charge in [-0.3, -0.25) is 4.79 Å². The standard InChI is InChI=1S/C18H16F2N2O2/c1-11(12-5-7-14(19)8-6-12)21-18(23)17-10-16(22-24-17)13-3-2-4-15(20)9-13/h2-9,11,17H,10H2,1H3,(H,21,23)/t11-,17+/m0/s1. The minimum atomic E-state index is -0.758. The molecule has 0 aliphatic carbocycles. The first-order valence-corrected chi connectivity index (χ1v) is 7.57. The minimum absolute atomic E-state index is 0.269. The quantitative estimate of drug-likeness (QED) is 0.935. The molecule has 1 heterocycles. The first-order valence-electron chi connectivity index (χ1n) is 7.57. The van der Waals surface area contributed by atoms with Crippen LogP contribution >= 0.6 is 0 Å². The van der Waals surface area contributed by atoms with Gasteiger partial charge in [-0.1, -0.05) is 29.4 Å². The van der Waals surface area contributed by atoms with Crippen LogP contribution in [0.4, 0.5) is 8.78 Å². The third-order valence-electron chi connectivity index (χ3n) is 3.85. The lowest BCUT2D eigenvalue weighted by Crippen LogP contribution is -2.36. The molecule has 0 aromatic heterocycles. The van der Waals surface area contributed by atoms with E-state index in [9.17, 15) is 13.6 Å². The number of oxime groups is 1. The summed E-state index contributed by atoms with van der Waals surface area (Å²) in [7, 11) is 0. The van der Waals surface area contributed by atoms with E-state index in [0.29, 0.717) is 11.3 Å². The Kier molecular flexibility index (Phi) is 4.55. The molecule has 2 atom stereocenters. The van der Waals surface area contributed by atoms with Gasteiger partial charge in [0.15, 0.2) is 0 Å². The molecular weight excluding hydrogens is 314 g/mol. The number of carbonyl (C=O) groups excluding carboxylic acids is 1. The van der Waals surface area contributed by atoms with E-state index in [1.807, 2.05) is 0 Å². The lowest BCUT2D eigenvalue weighted by molar-refractivity contribution is -0.131. The molecule has 0 saturated carbocycles. The Morgan fingerprint density at radius 1 is 1.21 bits per heavy atom. The van der Waals surface area contributed by atoms with Gasteiger partial charge in [0.25, 0.3) is 5.91 Å². The SMILES string of the molecule is C[C@H](NC(=O)[C@H]1CC(c2cccc(F)c2)=NO1)c1ccc(F)cc1. The minimum Gasteiger partial charge on any atom is -0.382 e. The van der Waals surface area contributed by atoms with Crippen LogP contribution in [0.1, 0.15) is 30.5 Å². The zero-order chi connectivity index (χ0) is 17.1. The maximum absolute atomic E-state index is 13.3. The van der Waals surface area contributed by atoms with Gasteiger partial charge in [0, 0.05) is 12.0 Å². The highest BCUT2D eigenvalue weighted by Crippen LogP contribution is 2.19. The van der Waals surface area contributed by atoms with Crippen molar-refractivity contribution in [2.45, 2.75) is 25.5 Å². The zero-order valence-electron chi connectivity index (χ0n) is 13.0. The average Bonchev–Trinajstić information content (AvgIpc) is 3.05. The summed E-state index contributed by atoms with van der Waals surface area (Å²) in [4.78, 5) is 17.5. The Morgan fingerprint density at radius 3 is 2.67 bits per heavy atom. The second-order valence-corrected chi connectivity index (χ2v) is 5.63. The van der Waals surface area contributed by atoms with E-state index in [0.717, 1.165) is 5.56 Å². The topological polar surface area (TPSA) is 50.7 Å². The Labute approximate surface area is 138 Å². The summed E-state index contributed by atoms with van der Waals surface area (Å²) in [5.74, 6) is -1.01. The molecule has 124 valence electrons. The Hall–Kier alpha value is -2.76. The Morgan fingerprint density at radius 2 is 1.96 bits per heavy atom. The molecule has 6 heteroatoms. The normalized spacial score (nSPS) is 17.8. The summed E-state index contributed by atoms with van der Waals surface area (Å²) in [5.41, 5.74) is 1.91. The zero-order valence-corrected chi connectivity index (χ0v) is 13.0. The first kappa shape index (κ1) is 16.1. The Bertz CT molecular complexity index is 775.